The van der Waals surface area contributed by atoms with Crippen LogP contribution in [0.25, 0.3) is 0 Å². The number of thiazole rings is 1. The Morgan fingerprint density at radius 1 is 0.923 bits per heavy atom. The third-order valence-electron chi connectivity index (χ3n) is 3.94. The van der Waals surface area contributed by atoms with Crippen LogP contribution in [0.3, 0.4) is 0 Å². The fourth-order valence-corrected chi connectivity index (χ4v) is 3.52. The van der Waals surface area contributed by atoms with Gasteiger partial charge in [-0.3, -0.25) is 0 Å². The van der Waals surface area contributed by atoms with Crippen LogP contribution in [0.1, 0.15) is 21.7 Å². The van der Waals surface area contributed by atoms with Gasteiger partial charge in [-0.25, -0.2) is 4.98 Å². The smallest absolute Gasteiger partial charge is 0.180 e. The van der Waals surface area contributed by atoms with Gasteiger partial charge in [0.15, 0.2) is 5.13 Å². The first kappa shape index (κ1) is 18.2. The Balaban J connectivity index is 1.65. The summed E-state index contributed by atoms with van der Waals surface area (Å²) in [6, 6.07) is 15.8. The number of hydrogen-bond donors (Lipinski definition) is 1. The van der Waals surface area contributed by atoms with Crippen LogP contribution in [-0.4, -0.2) is 19.2 Å². The van der Waals surface area contributed by atoms with Crippen molar-refractivity contribution >= 4 is 16.5 Å². The molecule has 0 atom stereocenters. The molecule has 0 radical (unpaired) electrons. The number of rotatable bonds is 8. The molecule has 1 aromatic heterocycles. The van der Waals surface area contributed by atoms with Crippen LogP contribution in [0.5, 0.6) is 11.5 Å². The van der Waals surface area contributed by atoms with Gasteiger partial charge in [0.05, 0.1) is 33.1 Å². The minimum absolute atomic E-state index is 0.421. The van der Waals surface area contributed by atoms with Gasteiger partial charge in [0.1, 0.15) is 11.5 Å². The van der Waals surface area contributed by atoms with E-state index in [-0.39, 0.29) is 0 Å². The van der Waals surface area contributed by atoms with Gasteiger partial charge < -0.3 is 19.9 Å². The van der Waals surface area contributed by atoms with Crippen molar-refractivity contribution in [2.75, 3.05) is 20.0 Å². The van der Waals surface area contributed by atoms with Gasteiger partial charge in [-0.15, -0.1) is 11.3 Å². The highest BCUT2D eigenvalue weighted by Gasteiger charge is 2.11. The fourth-order valence-electron chi connectivity index (χ4n) is 2.65. The normalized spacial score (nSPS) is 10.7. The third kappa shape index (κ3) is 4.74. The molecule has 0 amide bonds. The highest BCUT2D eigenvalue weighted by Crippen LogP contribution is 2.26. The van der Waals surface area contributed by atoms with Gasteiger partial charge >= 0.3 is 0 Å². The topological polar surface area (TPSA) is 66.6 Å². The van der Waals surface area contributed by atoms with E-state index in [0.29, 0.717) is 18.3 Å². The monoisotopic (exact) mass is 370 g/mol. The molecule has 0 fully saturated rings. The molecule has 3 rings (SSSR count). The van der Waals surface area contributed by atoms with Crippen molar-refractivity contribution in [3.05, 3.63) is 70.2 Å². The molecular formula is C20H22N2O3S. The van der Waals surface area contributed by atoms with Crippen LogP contribution >= 0.6 is 11.3 Å². The van der Waals surface area contributed by atoms with E-state index < -0.39 is 0 Å². The average Bonchev–Trinajstić information content (AvgIpc) is 3.01. The second kappa shape index (κ2) is 8.69. The zero-order valence-electron chi connectivity index (χ0n) is 14.9. The molecule has 2 N–H and O–H groups in total. The van der Waals surface area contributed by atoms with E-state index >= 15 is 0 Å². The van der Waals surface area contributed by atoms with Crippen molar-refractivity contribution in [3.63, 3.8) is 0 Å². The SMILES string of the molecule is COc1cccc(COCc2nc(N)sc2Cc2cccc(OC)c2)c1. The molecule has 1 heterocycles. The summed E-state index contributed by atoms with van der Waals surface area (Å²) in [4.78, 5) is 5.54. The maximum absolute atomic E-state index is 5.92. The number of ether oxygens (including phenoxy) is 3. The summed E-state index contributed by atoms with van der Waals surface area (Å²) in [5.74, 6) is 1.67. The number of benzene rings is 2. The van der Waals surface area contributed by atoms with Gasteiger partial charge in [0, 0.05) is 11.3 Å². The highest BCUT2D eigenvalue weighted by molar-refractivity contribution is 7.15. The lowest BCUT2D eigenvalue weighted by molar-refractivity contribution is 0.104. The lowest BCUT2D eigenvalue weighted by Gasteiger charge is -2.07. The van der Waals surface area contributed by atoms with Crippen molar-refractivity contribution in [2.45, 2.75) is 19.6 Å². The van der Waals surface area contributed by atoms with Crippen molar-refractivity contribution in [1.82, 2.24) is 4.98 Å². The predicted octanol–water partition coefficient (Wildman–Crippen LogP) is 4.05. The number of hydrogen-bond acceptors (Lipinski definition) is 6. The summed E-state index contributed by atoms with van der Waals surface area (Å²) in [5.41, 5.74) is 9.02. The van der Waals surface area contributed by atoms with Crippen LogP contribution in [0, 0.1) is 0 Å². The number of methoxy groups -OCH3 is 2. The van der Waals surface area contributed by atoms with E-state index in [4.69, 9.17) is 19.9 Å². The second-order valence-electron chi connectivity index (χ2n) is 5.79. The summed E-state index contributed by atoms with van der Waals surface area (Å²) >= 11 is 1.50. The molecule has 0 spiro atoms. The third-order valence-corrected chi connectivity index (χ3v) is 4.86. The number of anilines is 1. The number of aromatic nitrogens is 1. The molecule has 0 aliphatic heterocycles. The van der Waals surface area contributed by atoms with Crippen molar-refractivity contribution < 1.29 is 14.2 Å². The van der Waals surface area contributed by atoms with Crippen LogP contribution in [-0.2, 0) is 24.4 Å². The Morgan fingerprint density at radius 2 is 1.58 bits per heavy atom. The molecule has 0 saturated heterocycles. The van der Waals surface area contributed by atoms with Gasteiger partial charge in [0.25, 0.3) is 0 Å². The Kier molecular flexibility index (Phi) is 6.09. The van der Waals surface area contributed by atoms with Gasteiger partial charge in [-0.05, 0) is 35.4 Å². The quantitative estimate of drug-likeness (QED) is 0.648. The van der Waals surface area contributed by atoms with Crippen LogP contribution in [0.4, 0.5) is 5.13 Å². The Morgan fingerprint density at radius 3 is 2.27 bits per heavy atom. The predicted molar refractivity (Wildman–Crippen MR) is 104 cm³/mol. The molecule has 0 aliphatic rings. The van der Waals surface area contributed by atoms with E-state index in [1.54, 1.807) is 14.2 Å². The molecule has 0 saturated carbocycles. The molecule has 0 unspecified atom stereocenters. The molecule has 6 heteroatoms. The van der Waals surface area contributed by atoms with Crippen LogP contribution in [0.15, 0.2) is 48.5 Å². The summed E-state index contributed by atoms with van der Waals surface area (Å²) in [6.07, 6.45) is 0.754. The van der Waals surface area contributed by atoms with Crippen molar-refractivity contribution in [2.24, 2.45) is 0 Å². The summed E-state index contributed by atoms with van der Waals surface area (Å²) in [5, 5.41) is 0.558. The van der Waals surface area contributed by atoms with Crippen LogP contribution in [0.2, 0.25) is 0 Å². The second-order valence-corrected chi connectivity index (χ2v) is 6.91. The maximum Gasteiger partial charge on any atom is 0.180 e. The minimum Gasteiger partial charge on any atom is -0.497 e. The molecular weight excluding hydrogens is 348 g/mol. The fraction of sp³-hybridized carbons (Fsp3) is 0.250. The molecule has 26 heavy (non-hydrogen) atoms. The number of nitrogens with two attached hydrogens (primary N) is 1. The minimum atomic E-state index is 0.421. The van der Waals surface area contributed by atoms with Gasteiger partial charge in [-0.2, -0.15) is 0 Å². The summed E-state index contributed by atoms with van der Waals surface area (Å²) in [6.45, 7) is 0.914. The summed E-state index contributed by atoms with van der Waals surface area (Å²) in [7, 11) is 3.32. The Bertz CT molecular complexity index is 864. The first-order valence-electron chi connectivity index (χ1n) is 8.25. The van der Waals surface area contributed by atoms with Gasteiger partial charge in [0.2, 0.25) is 0 Å². The number of nitrogens with zero attached hydrogens (tertiary/aromatic N) is 1. The van der Waals surface area contributed by atoms with E-state index in [9.17, 15) is 0 Å². The standard InChI is InChI=1S/C20H22N2O3S/c1-23-16-7-3-5-14(9-16)11-19-18(22-20(21)26-19)13-25-12-15-6-4-8-17(10-15)24-2/h3-10H,11-13H2,1-2H3,(H2,21,22). The lowest BCUT2D eigenvalue weighted by Crippen LogP contribution is -1.99. The maximum atomic E-state index is 5.92. The first-order valence-corrected chi connectivity index (χ1v) is 9.07. The van der Waals surface area contributed by atoms with E-state index in [1.165, 1.54) is 11.3 Å². The highest BCUT2D eigenvalue weighted by atomic mass is 32.1. The molecule has 0 aliphatic carbocycles. The molecule has 136 valence electrons. The van der Waals surface area contributed by atoms with Crippen molar-refractivity contribution in [3.8, 4) is 11.5 Å². The lowest BCUT2D eigenvalue weighted by atomic mass is 10.1. The largest absolute Gasteiger partial charge is 0.497 e. The van der Waals surface area contributed by atoms with Crippen molar-refractivity contribution in [1.29, 1.82) is 0 Å². The van der Waals surface area contributed by atoms with E-state index in [2.05, 4.69) is 11.1 Å². The molecule has 2 aromatic carbocycles. The first-order chi connectivity index (χ1) is 12.7. The zero-order chi connectivity index (χ0) is 18.4. The zero-order valence-corrected chi connectivity index (χ0v) is 15.7. The summed E-state index contributed by atoms with van der Waals surface area (Å²) < 4.78 is 16.4. The molecule has 5 nitrogen and oxygen atoms in total. The van der Waals surface area contributed by atoms with E-state index in [1.807, 2.05) is 42.5 Å². The van der Waals surface area contributed by atoms with Gasteiger partial charge in [-0.1, -0.05) is 24.3 Å². The average molecular weight is 370 g/mol. The Labute approximate surface area is 157 Å². The van der Waals surface area contributed by atoms with Crippen LogP contribution < -0.4 is 15.2 Å². The Hall–Kier alpha value is -2.57. The molecule has 0 bridgehead atoms. The number of nitrogen functional groups attached to an aromatic ring is 1. The molecule has 3 aromatic rings. The van der Waals surface area contributed by atoms with E-state index in [0.717, 1.165) is 39.6 Å².